The topological polar surface area (TPSA) is 138 Å². The average Bonchev–Trinajstić information content (AvgIpc) is 3.38. The van der Waals surface area contributed by atoms with E-state index in [1.807, 2.05) is 0 Å². The smallest absolute Gasteiger partial charge is 0.328 e. The minimum atomic E-state index is -0.614. The lowest BCUT2D eigenvalue weighted by molar-refractivity contribution is -0.167. The number of carbonyl (C=O) groups excluding carboxylic acids is 2. The highest BCUT2D eigenvalue weighted by Gasteiger charge is 2.62. The van der Waals surface area contributed by atoms with Gasteiger partial charge in [0, 0.05) is 25.6 Å². The van der Waals surface area contributed by atoms with Crippen LogP contribution in [0.4, 0.5) is 0 Å². The maximum Gasteiger partial charge on any atom is 0.328 e. The van der Waals surface area contributed by atoms with Gasteiger partial charge >= 0.3 is 5.97 Å². The molecule has 0 heterocycles. The molecule has 4 aliphatic carbocycles. The van der Waals surface area contributed by atoms with E-state index in [9.17, 15) is 14.7 Å². The number of esters is 1. The van der Waals surface area contributed by atoms with E-state index in [0.29, 0.717) is 53.4 Å². The molecule has 1 amide bonds. The van der Waals surface area contributed by atoms with E-state index in [1.165, 1.54) is 52.1 Å². The summed E-state index contributed by atoms with van der Waals surface area (Å²) in [4.78, 5) is 24.3. The van der Waals surface area contributed by atoms with Crippen LogP contribution in [-0.4, -0.2) is 81.5 Å². The number of hydrogen-bond donors (Lipinski definition) is 6. The van der Waals surface area contributed by atoms with Crippen LogP contribution in [0.5, 0.6) is 0 Å². The van der Waals surface area contributed by atoms with Crippen LogP contribution < -0.4 is 27.0 Å². The summed E-state index contributed by atoms with van der Waals surface area (Å²) < 4.78 is 4.75. The van der Waals surface area contributed by atoms with Crippen molar-refractivity contribution in [3.8, 4) is 0 Å². The summed E-state index contributed by atoms with van der Waals surface area (Å²) >= 11 is 0. The van der Waals surface area contributed by atoms with Gasteiger partial charge in [0.05, 0.1) is 13.2 Å². The van der Waals surface area contributed by atoms with Gasteiger partial charge in [-0.25, -0.2) is 4.79 Å². The molecule has 9 heteroatoms. The molecule has 7 N–H and O–H groups in total. The van der Waals surface area contributed by atoms with Gasteiger partial charge in [0.2, 0.25) is 5.91 Å². The Balaban J connectivity index is 1.24. The number of nitrogens with two attached hydrogens (primary N) is 1. The first kappa shape index (κ1) is 36.6. The van der Waals surface area contributed by atoms with Crippen molar-refractivity contribution in [3.05, 3.63) is 0 Å². The number of rotatable bonds is 17. The third-order valence-corrected chi connectivity index (χ3v) is 13.2. The number of aliphatic hydroxyl groups is 1. The maximum absolute atomic E-state index is 12.6. The number of amides is 1. The molecule has 0 aromatic rings. The summed E-state index contributed by atoms with van der Waals surface area (Å²) in [5.74, 6) is 2.73. The van der Waals surface area contributed by atoms with E-state index in [1.54, 1.807) is 6.92 Å². The second kappa shape index (κ2) is 16.7. The summed E-state index contributed by atoms with van der Waals surface area (Å²) in [5.41, 5.74) is 6.11. The monoisotopic (exact) mass is 634 g/mol. The van der Waals surface area contributed by atoms with Gasteiger partial charge < -0.3 is 36.8 Å². The molecule has 4 aliphatic rings. The third-order valence-electron chi connectivity index (χ3n) is 13.2. The Kier molecular flexibility index (Phi) is 13.6. The largest absolute Gasteiger partial charge is 0.467 e. The summed E-state index contributed by atoms with van der Waals surface area (Å²) in [6, 6.07) is -0.0413. The number of fused-ring (bicyclic) bond motifs is 5. The Labute approximate surface area is 273 Å². The van der Waals surface area contributed by atoms with Crippen LogP contribution in [0.2, 0.25) is 0 Å². The fraction of sp³-hybridized carbons (Fsp3) is 0.944. The Bertz CT molecular complexity index is 952. The van der Waals surface area contributed by atoms with Gasteiger partial charge in [-0.15, -0.1) is 0 Å². The quantitative estimate of drug-likeness (QED) is 0.106. The van der Waals surface area contributed by atoms with E-state index in [2.05, 4.69) is 42.0 Å². The van der Waals surface area contributed by atoms with Crippen LogP contribution in [0.25, 0.3) is 0 Å². The third kappa shape index (κ3) is 8.62. The van der Waals surface area contributed by atoms with Gasteiger partial charge in [0.1, 0.15) is 6.04 Å². The number of aliphatic hydroxyl groups excluding tert-OH is 1. The lowest BCUT2D eigenvalue weighted by atomic mass is 9.43. The molecular formula is C36H67N5O4. The van der Waals surface area contributed by atoms with Crippen molar-refractivity contribution in [3.63, 3.8) is 0 Å². The number of ether oxygens (including phenoxy) is 1. The van der Waals surface area contributed by atoms with Crippen molar-refractivity contribution in [2.75, 3.05) is 46.4 Å². The van der Waals surface area contributed by atoms with Gasteiger partial charge in [-0.3, -0.25) is 4.79 Å². The Morgan fingerprint density at radius 1 is 0.911 bits per heavy atom. The van der Waals surface area contributed by atoms with Crippen molar-refractivity contribution in [1.82, 2.24) is 21.3 Å². The van der Waals surface area contributed by atoms with E-state index in [4.69, 9.17) is 10.5 Å². The predicted molar refractivity (Wildman–Crippen MR) is 180 cm³/mol. The predicted octanol–water partition coefficient (Wildman–Crippen LogP) is 3.59. The van der Waals surface area contributed by atoms with E-state index in [0.717, 1.165) is 65.0 Å². The Hall–Kier alpha value is -1.26. The zero-order valence-corrected chi connectivity index (χ0v) is 29.2. The molecule has 0 saturated heterocycles. The minimum Gasteiger partial charge on any atom is -0.467 e. The van der Waals surface area contributed by atoms with Crippen molar-refractivity contribution >= 4 is 11.9 Å². The summed E-state index contributed by atoms with van der Waals surface area (Å²) in [6.45, 7) is 14.9. The molecule has 0 aliphatic heterocycles. The number of hydrogen-bond acceptors (Lipinski definition) is 8. The van der Waals surface area contributed by atoms with Gasteiger partial charge in [0.15, 0.2) is 0 Å². The first-order valence-corrected chi connectivity index (χ1v) is 18.4. The maximum atomic E-state index is 12.6. The van der Waals surface area contributed by atoms with E-state index >= 15 is 0 Å². The average molecular weight is 634 g/mol. The van der Waals surface area contributed by atoms with Gasteiger partial charge in [0.25, 0.3) is 0 Å². The van der Waals surface area contributed by atoms with Crippen LogP contribution in [0.15, 0.2) is 0 Å². The first-order valence-electron chi connectivity index (χ1n) is 18.4. The molecule has 0 bridgehead atoms. The molecule has 0 spiro atoms. The second-order valence-corrected chi connectivity index (χ2v) is 15.8. The van der Waals surface area contributed by atoms with Gasteiger partial charge in [-0.05, 0) is 150 Å². The second-order valence-electron chi connectivity index (χ2n) is 15.8. The molecule has 0 radical (unpaired) electrons. The molecule has 0 aromatic heterocycles. The van der Waals surface area contributed by atoms with Gasteiger partial charge in [-0.1, -0.05) is 20.8 Å². The van der Waals surface area contributed by atoms with Crippen LogP contribution in [0.1, 0.15) is 105 Å². The highest BCUT2D eigenvalue weighted by Crippen LogP contribution is 2.68. The van der Waals surface area contributed by atoms with E-state index < -0.39 is 12.0 Å². The fourth-order valence-electron chi connectivity index (χ4n) is 10.7. The molecule has 11 atom stereocenters. The first-order chi connectivity index (χ1) is 21.5. The van der Waals surface area contributed by atoms with Crippen LogP contribution in [0.3, 0.4) is 0 Å². The van der Waals surface area contributed by atoms with Crippen LogP contribution in [-0.2, 0) is 14.3 Å². The standard InChI is InChI=1S/C36H67N5O4/c1-24(8-11-32(43)41-25(2)34(44)45-5)28-9-10-29-33-30(13-15-36(28,29)4)35(3)14-12-27(22-26(35)23-31(33)42)40-19-7-18-39-21-20-38-17-6-16-37/h24-31,33,38-40,42H,6-23,37H2,1-5H3,(H,41,43)/t24-,25+,26+,27+,28-,29+,30+,31-,33+,35+,36-/m1/s1. The lowest BCUT2D eigenvalue weighted by Gasteiger charge is -2.62. The van der Waals surface area contributed by atoms with Crippen molar-refractivity contribution < 1.29 is 19.4 Å². The molecule has 4 fully saturated rings. The van der Waals surface area contributed by atoms with Gasteiger partial charge in [-0.2, -0.15) is 0 Å². The summed E-state index contributed by atoms with van der Waals surface area (Å²) in [7, 11) is 1.35. The Morgan fingerprint density at radius 3 is 2.31 bits per heavy atom. The van der Waals surface area contributed by atoms with Crippen LogP contribution >= 0.6 is 0 Å². The normalized spacial score (nSPS) is 37.2. The van der Waals surface area contributed by atoms with Crippen molar-refractivity contribution in [2.24, 2.45) is 52.1 Å². The minimum absolute atomic E-state index is 0.0751. The highest BCUT2D eigenvalue weighted by atomic mass is 16.5. The molecule has 4 rings (SSSR count). The Morgan fingerprint density at radius 2 is 1.60 bits per heavy atom. The summed E-state index contributed by atoms with van der Waals surface area (Å²) in [6.07, 6.45) is 12.8. The van der Waals surface area contributed by atoms with Crippen molar-refractivity contribution in [1.29, 1.82) is 0 Å². The molecular weight excluding hydrogens is 566 g/mol. The summed E-state index contributed by atoms with van der Waals surface area (Å²) in [5, 5.41) is 25.4. The molecule has 4 saturated carbocycles. The SMILES string of the molecule is COC(=O)[C@H](C)NC(=O)CC[C@@H](C)[C@H]1CC[C@H]2[C@@H]3[C@H](O)C[C@@H]4C[C@@H](NCCCNCCNCCCN)CC[C@]4(C)[C@H]3CC[C@]12C. The number of methoxy groups -OCH3 is 1. The highest BCUT2D eigenvalue weighted by molar-refractivity contribution is 5.84. The molecule has 0 aromatic carbocycles. The zero-order chi connectivity index (χ0) is 32.6. The zero-order valence-electron chi connectivity index (χ0n) is 29.2. The molecule has 0 unspecified atom stereocenters. The molecule has 260 valence electrons. The van der Waals surface area contributed by atoms with E-state index in [-0.39, 0.29) is 17.4 Å². The lowest BCUT2D eigenvalue weighted by Crippen LogP contribution is -2.59. The fourth-order valence-corrected chi connectivity index (χ4v) is 10.7. The van der Waals surface area contributed by atoms with Crippen molar-refractivity contribution in [2.45, 2.75) is 123 Å². The number of carbonyl (C=O) groups is 2. The molecule has 45 heavy (non-hydrogen) atoms. The molecule has 9 nitrogen and oxygen atoms in total. The number of nitrogens with one attached hydrogen (secondary N) is 4. The van der Waals surface area contributed by atoms with Crippen LogP contribution in [0, 0.1) is 46.3 Å².